The van der Waals surface area contributed by atoms with E-state index >= 15 is 0 Å². The molecule has 168 valence electrons. The van der Waals surface area contributed by atoms with Crippen molar-refractivity contribution in [3.05, 3.63) is 24.2 Å². The van der Waals surface area contributed by atoms with Gasteiger partial charge in [-0.05, 0) is 20.8 Å². The van der Waals surface area contributed by atoms with Crippen molar-refractivity contribution in [2.75, 3.05) is 33.0 Å². The van der Waals surface area contributed by atoms with Crippen molar-refractivity contribution < 1.29 is 28.6 Å². The molecule has 0 atom stereocenters. The second-order valence-corrected chi connectivity index (χ2v) is 6.97. The zero-order valence-corrected chi connectivity index (χ0v) is 17.6. The number of carbonyl (C=O) groups excluding carboxylic acids is 3. The van der Waals surface area contributed by atoms with Crippen LogP contribution in [0.4, 0.5) is 4.79 Å². The van der Waals surface area contributed by atoms with E-state index in [4.69, 9.17) is 14.2 Å². The first kappa shape index (κ1) is 25.0. The van der Waals surface area contributed by atoms with E-state index in [2.05, 4.69) is 20.9 Å². The number of imide groups is 1. The van der Waals surface area contributed by atoms with Crippen LogP contribution >= 0.6 is 0 Å². The molecule has 3 N–H and O–H groups in total. The number of rotatable bonds is 14. The fraction of sp³-hybridized carbons (Fsp3) is 0.611. The maximum atomic E-state index is 11.4. The smallest absolute Gasteiger partial charge is 0.407 e. The highest BCUT2D eigenvalue weighted by atomic mass is 16.6. The van der Waals surface area contributed by atoms with Gasteiger partial charge in [0.15, 0.2) is 0 Å². The summed E-state index contributed by atoms with van der Waals surface area (Å²) in [6.45, 7) is 8.33. The first-order valence-electron chi connectivity index (χ1n) is 9.45. The largest absolute Gasteiger partial charge is 0.444 e. The van der Waals surface area contributed by atoms with Crippen LogP contribution in [0.2, 0.25) is 0 Å². The zero-order chi connectivity index (χ0) is 22.2. The van der Waals surface area contributed by atoms with Crippen LogP contribution in [0.15, 0.2) is 18.5 Å². The van der Waals surface area contributed by atoms with Crippen molar-refractivity contribution in [2.45, 2.75) is 39.5 Å². The van der Waals surface area contributed by atoms with Crippen molar-refractivity contribution in [3.63, 3.8) is 0 Å². The van der Waals surface area contributed by atoms with Gasteiger partial charge >= 0.3 is 6.09 Å². The lowest BCUT2D eigenvalue weighted by molar-refractivity contribution is -0.121. The molecule has 0 aliphatic carbocycles. The van der Waals surface area contributed by atoms with Gasteiger partial charge in [0.25, 0.3) is 5.91 Å². The molecule has 3 amide bonds. The molecule has 12 heteroatoms. The Labute approximate surface area is 175 Å². The second kappa shape index (κ2) is 14.1. The average molecular weight is 426 g/mol. The van der Waals surface area contributed by atoms with Crippen molar-refractivity contribution in [3.8, 4) is 0 Å². The molecular weight excluding hydrogens is 396 g/mol. The second-order valence-electron chi connectivity index (χ2n) is 6.97. The number of amides is 3. The maximum absolute atomic E-state index is 11.4. The Bertz CT molecular complexity index is 685. The summed E-state index contributed by atoms with van der Waals surface area (Å²) >= 11 is 0. The SMILES string of the molecule is CC(C)(C)OC(=O)NCCOCCOCCn1cc(CN/C=C\C(=O)NC=O)nn1. The number of nitrogens with zero attached hydrogens (tertiary/aromatic N) is 3. The Morgan fingerprint density at radius 3 is 2.60 bits per heavy atom. The Morgan fingerprint density at radius 2 is 1.90 bits per heavy atom. The number of carbonyl (C=O) groups is 3. The van der Waals surface area contributed by atoms with Crippen molar-refractivity contribution in [1.29, 1.82) is 0 Å². The van der Waals surface area contributed by atoms with Gasteiger partial charge in [-0.3, -0.25) is 14.9 Å². The normalized spacial score (nSPS) is 11.3. The molecule has 30 heavy (non-hydrogen) atoms. The van der Waals surface area contributed by atoms with Crippen LogP contribution in [-0.2, 0) is 36.9 Å². The number of nitrogens with one attached hydrogen (secondary N) is 3. The third-order valence-electron chi connectivity index (χ3n) is 3.17. The van der Waals surface area contributed by atoms with Crippen LogP contribution in [0.5, 0.6) is 0 Å². The average Bonchev–Trinajstić information content (AvgIpc) is 3.10. The third-order valence-corrected chi connectivity index (χ3v) is 3.17. The highest BCUT2D eigenvalue weighted by Crippen LogP contribution is 2.06. The molecule has 0 unspecified atom stereocenters. The van der Waals surface area contributed by atoms with Gasteiger partial charge in [-0.1, -0.05) is 5.21 Å². The molecule has 0 saturated heterocycles. The van der Waals surface area contributed by atoms with Gasteiger partial charge in [0.05, 0.1) is 45.7 Å². The van der Waals surface area contributed by atoms with E-state index in [1.54, 1.807) is 31.6 Å². The summed E-state index contributed by atoms with van der Waals surface area (Å²) in [6.07, 6.45) is 4.22. The summed E-state index contributed by atoms with van der Waals surface area (Å²) in [4.78, 5) is 32.5. The van der Waals surface area contributed by atoms with Gasteiger partial charge in [-0.2, -0.15) is 0 Å². The maximum Gasteiger partial charge on any atom is 0.407 e. The lowest BCUT2D eigenvalue weighted by Crippen LogP contribution is -2.34. The van der Waals surface area contributed by atoms with Gasteiger partial charge < -0.3 is 24.8 Å². The van der Waals surface area contributed by atoms with E-state index in [9.17, 15) is 14.4 Å². The highest BCUT2D eigenvalue weighted by molar-refractivity contribution is 5.94. The molecule has 0 bridgehead atoms. The Kier molecular flexibility index (Phi) is 11.7. The van der Waals surface area contributed by atoms with Crippen LogP contribution in [0.25, 0.3) is 0 Å². The molecule has 0 radical (unpaired) electrons. The lowest BCUT2D eigenvalue weighted by atomic mass is 10.2. The number of hydrogen-bond donors (Lipinski definition) is 3. The molecule has 0 fully saturated rings. The minimum atomic E-state index is -0.521. The van der Waals surface area contributed by atoms with Gasteiger partial charge in [0.2, 0.25) is 6.41 Å². The number of ether oxygens (including phenoxy) is 3. The van der Waals surface area contributed by atoms with E-state index in [0.717, 1.165) is 0 Å². The van der Waals surface area contributed by atoms with E-state index in [-0.39, 0.29) is 0 Å². The predicted molar refractivity (Wildman–Crippen MR) is 106 cm³/mol. The number of hydrogen-bond acceptors (Lipinski definition) is 9. The monoisotopic (exact) mass is 426 g/mol. The van der Waals surface area contributed by atoms with Crippen LogP contribution in [0.3, 0.4) is 0 Å². The first-order valence-corrected chi connectivity index (χ1v) is 9.45. The quantitative estimate of drug-likeness (QED) is 0.207. The molecule has 0 aromatic carbocycles. The topological polar surface area (TPSA) is 146 Å². The highest BCUT2D eigenvalue weighted by Gasteiger charge is 2.15. The van der Waals surface area contributed by atoms with Gasteiger partial charge in [0, 0.05) is 18.8 Å². The van der Waals surface area contributed by atoms with Crippen molar-refractivity contribution in [1.82, 2.24) is 30.9 Å². The number of aromatic nitrogens is 3. The Morgan fingerprint density at radius 1 is 1.17 bits per heavy atom. The Hall–Kier alpha value is -2.99. The van der Waals surface area contributed by atoms with Crippen molar-refractivity contribution >= 4 is 18.4 Å². The zero-order valence-electron chi connectivity index (χ0n) is 17.6. The van der Waals surface area contributed by atoms with E-state index < -0.39 is 17.6 Å². The standard InChI is InChI=1S/C18H30N6O6/c1-18(2,3)30-17(27)20-6-8-28-10-11-29-9-7-24-13-15(22-23-24)12-19-5-4-16(26)21-14-25/h4-5,13-14,19H,6-12H2,1-3H3,(H,20,27)(H,21,25,26)/b5-4-. The summed E-state index contributed by atoms with van der Waals surface area (Å²) in [7, 11) is 0. The first-order chi connectivity index (χ1) is 14.3. The molecule has 0 spiro atoms. The minimum Gasteiger partial charge on any atom is -0.444 e. The van der Waals surface area contributed by atoms with Crippen LogP contribution in [0.1, 0.15) is 26.5 Å². The van der Waals surface area contributed by atoms with E-state index in [1.165, 1.54) is 12.3 Å². The predicted octanol–water partition coefficient (Wildman–Crippen LogP) is -0.288. The third kappa shape index (κ3) is 13.2. The van der Waals surface area contributed by atoms with Crippen LogP contribution in [0, 0.1) is 0 Å². The molecule has 1 rings (SSSR count). The molecule has 0 aliphatic heterocycles. The number of alkyl carbamates (subject to hydrolysis) is 1. The van der Waals surface area contributed by atoms with Crippen molar-refractivity contribution in [2.24, 2.45) is 0 Å². The molecule has 1 heterocycles. The Balaban J connectivity index is 2.01. The van der Waals surface area contributed by atoms with E-state index in [0.29, 0.717) is 58.2 Å². The summed E-state index contributed by atoms with van der Waals surface area (Å²) in [5.74, 6) is -0.512. The van der Waals surface area contributed by atoms with Crippen LogP contribution in [-0.4, -0.2) is 72.0 Å². The minimum absolute atomic E-state index is 0.316. The molecule has 0 saturated carbocycles. The fourth-order valence-electron chi connectivity index (χ4n) is 1.95. The molecule has 1 aromatic heterocycles. The summed E-state index contributed by atoms with van der Waals surface area (Å²) in [5.41, 5.74) is 0.170. The summed E-state index contributed by atoms with van der Waals surface area (Å²) < 4.78 is 17.6. The molecule has 0 aliphatic rings. The summed E-state index contributed by atoms with van der Waals surface area (Å²) in [5, 5.41) is 15.4. The molecular formula is C18H30N6O6. The van der Waals surface area contributed by atoms with E-state index in [1.807, 2.05) is 5.32 Å². The van der Waals surface area contributed by atoms with Crippen LogP contribution < -0.4 is 16.0 Å². The fourth-order valence-corrected chi connectivity index (χ4v) is 1.95. The summed E-state index contributed by atoms with van der Waals surface area (Å²) in [6, 6.07) is 0. The molecule has 1 aromatic rings. The lowest BCUT2D eigenvalue weighted by Gasteiger charge is -2.19. The van der Waals surface area contributed by atoms with Gasteiger partial charge in [-0.15, -0.1) is 5.10 Å². The van der Waals surface area contributed by atoms with Gasteiger partial charge in [0.1, 0.15) is 11.3 Å². The van der Waals surface area contributed by atoms with Gasteiger partial charge in [-0.25, -0.2) is 9.48 Å². The molecule has 12 nitrogen and oxygen atoms in total.